The van der Waals surface area contributed by atoms with E-state index in [4.69, 9.17) is 10.2 Å². The molecule has 0 saturated carbocycles. The Morgan fingerprint density at radius 1 is 0.441 bits per heavy atom. The first-order valence-electron chi connectivity index (χ1n) is 11.7. The number of nitrogens with zero attached hydrogens (tertiary/aromatic N) is 4. The zero-order chi connectivity index (χ0) is 23.3. The van der Waals surface area contributed by atoms with Crippen LogP contribution in [0.1, 0.15) is 24.0 Å². The van der Waals surface area contributed by atoms with E-state index in [2.05, 4.69) is 82.8 Å². The molecule has 0 aliphatic carbocycles. The predicted octanol–water partition coefficient (Wildman–Crippen LogP) is 6.85. The molecule has 0 aromatic heterocycles. The fraction of sp³-hybridized carbons (Fsp3) is 0.133. The van der Waals surface area contributed by atoms with Crippen LogP contribution in [0.3, 0.4) is 0 Å². The molecule has 0 bridgehead atoms. The van der Waals surface area contributed by atoms with Gasteiger partial charge in [0.25, 0.3) is 0 Å². The quantitative estimate of drug-likeness (QED) is 0.143. The second-order valence-corrected chi connectivity index (χ2v) is 7.93. The summed E-state index contributed by atoms with van der Waals surface area (Å²) in [6.45, 7) is 1.66. The third kappa shape index (κ3) is 7.17. The van der Waals surface area contributed by atoms with Crippen LogP contribution in [0.15, 0.2) is 132 Å². The fourth-order valence-corrected chi connectivity index (χ4v) is 3.58. The number of unbranched alkanes of at least 4 members (excludes halogenated alkanes) is 1. The minimum absolute atomic E-state index is 0.832. The minimum atomic E-state index is 0.832. The molecule has 4 nitrogen and oxygen atoms in total. The molecule has 170 valence electrons. The van der Waals surface area contributed by atoms with Gasteiger partial charge < -0.3 is 0 Å². The van der Waals surface area contributed by atoms with Gasteiger partial charge in [-0.25, -0.2) is 0 Å². The molecule has 0 aliphatic rings. The van der Waals surface area contributed by atoms with Gasteiger partial charge in [0.1, 0.15) is 0 Å². The average molecular weight is 447 g/mol. The highest BCUT2D eigenvalue weighted by molar-refractivity contribution is 5.80. The normalized spacial score (nSPS) is 11.2. The summed E-state index contributed by atoms with van der Waals surface area (Å²) in [6, 6.07) is 41.1. The van der Waals surface area contributed by atoms with Crippen LogP contribution in [-0.2, 0) is 0 Å². The lowest BCUT2D eigenvalue weighted by atomic mass is 10.2. The lowest BCUT2D eigenvalue weighted by Gasteiger charge is -2.22. The van der Waals surface area contributed by atoms with Gasteiger partial charge in [-0.05, 0) is 48.2 Å². The SMILES string of the molecule is C(=N/N(CCCCN(/N=C/c1ccccc1)c1ccccc1)c1ccccc1)/c1ccccc1. The van der Waals surface area contributed by atoms with Crippen molar-refractivity contribution in [2.45, 2.75) is 12.8 Å². The lowest BCUT2D eigenvalue weighted by Crippen LogP contribution is -2.22. The summed E-state index contributed by atoms with van der Waals surface area (Å²) in [4.78, 5) is 0. The van der Waals surface area contributed by atoms with E-state index < -0.39 is 0 Å². The van der Waals surface area contributed by atoms with Crippen LogP contribution in [-0.4, -0.2) is 25.5 Å². The monoisotopic (exact) mass is 446 g/mol. The van der Waals surface area contributed by atoms with Crippen molar-refractivity contribution in [2.24, 2.45) is 10.2 Å². The molecule has 0 unspecified atom stereocenters. The molecule has 0 fully saturated rings. The number of hydrogen-bond acceptors (Lipinski definition) is 4. The Morgan fingerprint density at radius 2 is 0.765 bits per heavy atom. The first-order chi connectivity index (χ1) is 16.9. The number of hydrogen-bond donors (Lipinski definition) is 0. The zero-order valence-electron chi connectivity index (χ0n) is 19.3. The number of benzene rings is 4. The van der Waals surface area contributed by atoms with Crippen LogP contribution < -0.4 is 10.0 Å². The highest BCUT2D eigenvalue weighted by atomic mass is 15.5. The summed E-state index contributed by atoms with van der Waals surface area (Å²) in [6.07, 6.45) is 5.83. The van der Waals surface area contributed by atoms with E-state index in [1.807, 2.05) is 61.0 Å². The minimum Gasteiger partial charge on any atom is -0.266 e. The van der Waals surface area contributed by atoms with Gasteiger partial charge in [0.05, 0.1) is 23.8 Å². The van der Waals surface area contributed by atoms with Crippen molar-refractivity contribution in [1.29, 1.82) is 0 Å². The van der Waals surface area contributed by atoms with E-state index in [1.54, 1.807) is 0 Å². The third-order valence-corrected chi connectivity index (χ3v) is 5.39. The summed E-state index contributed by atoms with van der Waals surface area (Å²) >= 11 is 0. The molecule has 0 radical (unpaired) electrons. The van der Waals surface area contributed by atoms with Crippen molar-refractivity contribution >= 4 is 23.8 Å². The maximum absolute atomic E-state index is 4.78. The summed E-state index contributed by atoms with van der Waals surface area (Å²) in [5.41, 5.74) is 4.37. The second-order valence-electron chi connectivity index (χ2n) is 7.93. The Bertz CT molecular complexity index is 1050. The van der Waals surface area contributed by atoms with E-state index in [-0.39, 0.29) is 0 Å². The number of rotatable bonds is 11. The van der Waals surface area contributed by atoms with Crippen molar-refractivity contribution in [3.63, 3.8) is 0 Å². The standard InChI is InChI=1S/C30H30N4/c1-5-15-27(16-6-1)25-31-33(29-19-9-3-10-20-29)23-13-14-24-34(30-21-11-4-12-22-30)32-26-28-17-7-2-8-18-28/h1-12,15-22,25-26H,13-14,23-24H2/b31-25-,32-26+. The van der Waals surface area contributed by atoms with Crippen molar-refractivity contribution in [1.82, 2.24) is 0 Å². The highest BCUT2D eigenvalue weighted by Gasteiger charge is 2.07. The van der Waals surface area contributed by atoms with Gasteiger partial charge >= 0.3 is 0 Å². The molecule has 4 aromatic carbocycles. The summed E-state index contributed by atoms with van der Waals surface area (Å²) in [5, 5.41) is 13.7. The Kier molecular flexibility index (Phi) is 8.63. The molecule has 0 amide bonds. The fourth-order valence-electron chi connectivity index (χ4n) is 3.58. The summed E-state index contributed by atoms with van der Waals surface area (Å²) in [5.74, 6) is 0. The highest BCUT2D eigenvalue weighted by Crippen LogP contribution is 2.17. The van der Waals surface area contributed by atoms with Crippen molar-refractivity contribution in [3.8, 4) is 0 Å². The van der Waals surface area contributed by atoms with E-state index in [1.165, 1.54) is 0 Å². The molecule has 4 aromatic rings. The van der Waals surface area contributed by atoms with Gasteiger partial charge in [-0.15, -0.1) is 0 Å². The summed E-state index contributed by atoms with van der Waals surface area (Å²) in [7, 11) is 0. The van der Waals surface area contributed by atoms with E-state index >= 15 is 0 Å². The van der Waals surface area contributed by atoms with E-state index in [0.717, 1.165) is 48.4 Å². The van der Waals surface area contributed by atoms with Crippen molar-refractivity contribution in [3.05, 3.63) is 132 Å². The Hall–Kier alpha value is -4.18. The molecule has 0 N–H and O–H groups in total. The Morgan fingerprint density at radius 3 is 1.12 bits per heavy atom. The van der Waals surface area contributed by atoms with Crippen LogP contribution in [0, 0.1) is 0 Å². The van der Waals surface area contributed by atoms with Gasteiger partial charge in [0.15, 0.2) is 0 Å². The van der Waals surface area contributed by atoms with Crippen LogP contribution in [0.5, 0.6) is 0 Å². The smallest absolute Gasteiger partial charge is 0.0593 e. The molecule has 0 saturated heterocycles. The van der Waals surface area contributed by atoms with Gasteiger partial charge in [-0.2, -0.15) is 10.2 Å². The summed E-state index contributed by atoms with van der Waals surface area (Å²) < 4.78 is 0. The molecule has 0 atom stereocenters. The van der Waals surface area contributed by atoms with Crippen molar-refractivity contribution < 1.29 is 0 Å². The van der Waals surface area contributed by atoms with E-state index in [9.17, 15) is 0 Å². The maximum atomic E-state index is 4.78. The van der Waals surface area contributed by atoms with Crippen LogP contribution >= 0.6 is 0 Å². The first kappa shape index (κ1) is 23.0. The molecular formula is C30H30N4. The zero-order valence-corrected chi connectivity index (χ0v) is 19.3. The van der Waals surface area contributed by atoms with Gasteiger partial charge in [0.2, 0.25) is 0 Å². The molecule has 0 heterocycles. The van der Waals surface area contributed by atoms with E-state index in [0.29, 0.717) is 0 Å². The predicted molar refractivity (Wildman–Crippen MR) is 145 cm³/mol. The number of para-hydroxylation sites is 2. The Labute approximate surface area is 202 Å². The Balaban J connectivity index is 1.40. The topological polar surface area (TPSA) is 31.2 Å². The van der Waals surface area contributed by atoms with Gasteiger partial charge in [-0.1, -0.05) is 97.1 Å². The number of anilines is 2. The maximum Gasteiger partial charge on any atom is 0.0593 e. The van der Waals surface area contributed by atoms with Crippen LogP contribution in [0.4, 0.5) is 11.4 Å². The third-order valence-electron chi connectivity index (χ3n) is 5.39. The van der Waals surface area contributed by atoms with Crippen LogP contribution in [0.25, 0.3) is 0 Å². The van der Waals surface area contributed by atoms with Crippen molar-refractivity contribution in [2.75, 3.05) is 23.1 Å². The molecule has 0 spiro atoms. The molecule has 34 heavy (non-hydrogen) atoms. The van der Waals surface area contributed by atoms with Crippen LogP contribution in [0.2, 0.25) is 0 Å². The molecular weight excluding hydrogens is 416 g/mol. The van der Waals surface area contributed by atoms with Gasteiger partial charge in [-0.3, -0.25) is 10.0 Å². The van der Waals surface area contributed by atoms with Gasteiger partial charge in [0, 0.05) is 13.1 Å². The average Bonchev–Trinajstić information content (AvgIpc) is 2.92. The second kappa shape index (κ2) is 12.8. The molecule has 4 heteroatoms. The molecule has 4 rings (SSSR count). The first-order valence-corrected chi connectivity index (χ1v) is 11.7. The lowest BCUT2D eigenvalue weighted by molar-refractivity contribution is 0.681. The number of hydrazone groups is 2. The largest absolute Gasteiger partial charge is 0.266 e. The molecule has 0 aliphatic heterocycles.